The summed E-state index contributed by atoms with van der Waals surface area (Å²) in [5.74, 6) is 1.54. The average Bonchev–Trinajstić information content (AvgIpc) is 3.16. The molecule has 2 aromatic carbocycles. The van der Waals surface area contributed by atoms with E-state index in [1.54, 1.807) is 24.7 Å². The van der Waals surface area contributed by atoms with Crippen molar-refractivity contribution >= 4 is 38.5 Å². The van der Waals surface area contributed by atoms with Crippen molar-refractivity contribution in [3.8, 4) is 5.75 Å². The van der Waals surface area contributed by atoms with Crippen LogP contribution >= 0.6 is 11.3 Å². The van der Waals surface area contributed by atoms with E-state index in [1.807, 2.05) is 37.3 Å². The maximum atomic E-state index is 13.3. The van der Waals surface area contributed by atoms with Gasteiger partial charge in [-0.25, -0.2) is 4.98 Å². The Hall–Kier alpha value is -2.99. The summed E-state index contributed by atoms with van der Waals surface area (Å²) in [4.78, 5) is 20.3. The molecule has 2 heterocycles. The lowest BCUT2D eigenvalue weighted by molar-refractivity contribution is 0.415. The molecule has 0 saturated heterocycles. The van der Waals surface area contributed by atoms with Gasteiger partial charge in [0.15, 0.2) is 0 Å². The van der Waals surface area contributed by atoms with E-state index in [0.29, 0.717) is 12.2 Å². The maximum Gasteiger partial charge on any atom is 0.283 e. The summed E-state index contributed by atoms with van der Waals surface area (Å²) in [7, 11) is 1.67. The van der Waals surface area contributed by atoms with Gasteiger partial charge in [0, 0.05) is 11.3 Å². The first kappa shape index (κ1) is 19.0. The van der Waals surface area contributed by atoms with E-state index in [-0.39, 0.29) is 5.56 Å². The Labute approximate surface area is 178 Å². The average molecular weight is 418 g/mol. The first-order valence-electron chi connectivity index (χ1n) is 10.4. The van der Waals surface area contributed by atoms with Crippen LogP contribution in [0.3, 0.4) is 0 Å². The monoisotopic (exact) mass is 417 g/mol. The van der Waals surface area contributed by atoms with Gasteiger partial charge in [-0.15, -0.1) is 11.3 Å². The van der Waals surface area contributed by atoms with Crippen molar-refractivity contribution in [2.24, 2.45) is 5.10 Å². The second-order valence-corrected chi connectivity index (χ2v) is 8.69. The standard InChI is InChI=1S/C24H23N3O2S/c1-3-21-26-23-22(19-6-4-5-7-20(19)30-23)24(28)27(21)25-14-15-8-9-17-13-18(29-2)11-10-16(17)12-15/h8-14H,3-7H2,1-2H3/b25-14+. The van der Waals surface area contributed by atoms with E-state index in [4.69, 9.17) is 9.72 Å². The smallest absolute Gasteiger partial charge is 0.283 e. The Morgan fingerprint density at radius 3 is 2.80 bits per heavy atom. The van der Waals surface area contributed by atoms with E-state index < -0.39 is 0 Å². The molecule has 30 heavy (non-hydrogen) atoms. The van der Waals surface area contributed by atoms with Gasteiger partial charge in [0.2, 0.25) is 0 Å². The van der Waals surface area contributed by atoms with Crippen molar-refractivity contribution in [2.75, 3.05) is 7.11 Å². The predicted octanol–water partition coefficient (Wildman–Crippen LogP) is 4.94. The summed E-state index contributed by atoms with van der Waals surface area (Å²) < 4.78 is 6.78. The highest BCUT2D eigenvalue weighted by Crippen LogP contribution is 2.33. The summed E-state index contributed by atoms with van der Waals surface area (Å²) in [6.07, 6.45) is 6.76. The van der Waals surface area contributed by atoms with Gasteiger partial charge in [-0.3, -0.25) is 4.79 Å². The van der Waals surface area contributed by atoms with Gasteiger partial charge in [-0.1, -0.05) is 25.1 Å². The minimum absolute atomic E-state index is 0.0435. The van der Waals surface area contributed by atoms with Crippen molar-refractivity contribution in [1.82, 2.24) is 9.66 Å². The van der Waals surface area contributed by atoms with E-state index >= 15 is 0 Å². The Balaban J connectivity index is 1.59. The topological polar surface area (TPSA) is 56.5 Å². The normalized spacial score (nSPS) is 13.9. The SMILES string of the molecule is CCc1nc2sc3c(c2c(=O)n1/N=C/c1ccc2cc(OC)ccc2c1)CCCC3. The molecule has 0 aliphatic heterocycles. The highest BCUT2D eigenvalue weighted by molar-refractivity contribution is 7.18. The van der Waals surface area contributed by atoms with Crippen molar-refractivity contribution in [1.29, 1.82) is 0 Å². The summed E-state index contributed by atoms with van der Waals surface area (Å²) in [5, 5.41) is 7.54. The van der Waals surface area contributed by atoms with Crippen molar-refractivity contribution < 1.29 is 4.74 Å². The van der Waals surface area contributed by atoms with Gasteiger partial charge in [0.25, 0.3) is 5.56 Å². The first-order valence-corrected chi connectivity index (χ1v) is 11.2. The number of rotatable bonds is 4. The Morgan fingerprint density at radius 1 is 1.17 bits per heavy atom. The molecule has 0 N–H and O–H groups in total. The minimum Gasteiger partial charge on any atom is -0.497 e. The summed E-state index contributed by atoms with van der Waals surface area (Å²) in [5.41, 5.74) is 2.09. The number of ether oxygens (including phenoxy) is 1. The van der Waals surface area contributed by atoms with Gasteiger partial charge >= 0.3 is 0 Å². The third-order valence-corrected chi connectivity index (χ3v) is 6.93. The molecule has 0 bridgehead atoms. The van der Waals surface area contributed by atoms with Crippen molar-refractivity contribution in [3.05, 3.63) is 68.6 Å². The van der Waals surface area contributed by atoms with Crippen LogP contribution in [0.1, 0.15) is 41.6 Å². The summed E-state index contributed by atoms with van der Waals surface area (Å²) in [6, 6.07) is 12.1. The summed E-state index contributed by atoms with van der Waals surface area (Å²) >= 11 is 1.68. The van der Waals surface area contributed by atoms with Gasteiger partial charge < -0.3 is 4.74 Å². The van der Waals surface area contributed by atoms with Crippen LogP contribution in [0, 0.1) is 0 Å². The van der Waals surface area contributed by atoms with Crippen LogP contribution < -0.4 is 10.3 Å². The van der Waals surface area contributed by atoms with Crippen LogP contribution in [0.4, 0.5) is 0 Å². The molecule has 0 amide bonds. The Morgan fingerprint density at radius 2 is 1.97 bits per heavy atom. The lowest BCUT2D eigenvalue weighted by Gasteiger charge is -2.10. The molecule has 6 heteroatoms. The van der Waals surface area contributed by atoms with Crippen LogP contribution in [-0.4, -0.2) is 23.0 Å². The number of thiophene rings is 1. The van der Waals surface area contributed by atoms with E-state index in [0.717, 1.165) is 51.6 Å². The fourth-order valence-electron chi connectivity index (χ4n) is 4.16. The second kappa shape index (κ2) is 7.69. The minimum atomic E-state index is -0.0435. The van der Waals surface area contributed by atoms with Gasteiger partial charge in [0.05, 0.1) is 18.7 Å². The molecular formula is C24H23N3O2S. The van der Waals surface area contributed by atoms with Crippen LogP contribution in [0.25, 0.3) is 21.0 Å². The molecule has 2 aromatic heterocycles. The number of aromatic nitrogens is 2. The molecule has 0 saturated carbocycles. The van der Waals surface area contributed by atoms with E-state index in [9.17, 15) is 4.79 Å². The second-order valence-electron chi connectivity index (χ2n) is 7.61. The molecule has 0 radical (unpaired) electrons. The maximum absolute atomic E-state index is 13.3. The number of fused-ring (bicyclic) bond motifs is 4. The molecule has 0 spiro atoms. The Kier molecular flexibility index (Phi) is 4.87. The van der Waals surface area contributed by atoms with Gasteiger partial charge in [0.1, 0.15) is 16.4 Å². The molecule has 5 rings (SSSR count). The van der Waals surface area contributed by atoms with Gasteiger partial charge in [-0.05, 0) is 65.8 Å². The number of hydrogen-bond donors (Lipinski definition) is 0. The zero-order valence-corrected chi connectivity index (χ0v) is 18.0. The first-order chi connectivity index (χ1) is 14.7. The lowest BCUT2D eigenvalue weighted by atomic mass is 9.97. The molecule has 5 nitrogen and oxygen atoms in total. The summed E-state index contributed by atoms with van der Waals surface area (Å²) in [6.45, 7) is 2.01. The van der Waals surface area contributed by atoms with Crippen molar-refractivity contribution in [3.63, 3.8) is 0 Å². The number of hydrogen-bond acceptors (Lipinski definition) is 5. The fraction of sp³-hybridized carbons (Fsp3) is 0.292. The molecule has 152 valence electrons. The Bertz CT molecular complexity index is 1350. The number of benzene rings is 2. The molecule has 1 aliphatic rings. The predicted molar refractivity (Wildman–Crippen MR) is 123 cm³/mol. The molecule has 4 aromatic rings. The number of methoxy groups -OCH3 is 1. The molecule has 1 aliphatic carbocycles. The van der Waals surface area contributed by atoms with Crippen LogP contribution in [0.15, 0.2) is 46.3 Å². The highest BCUT2D eigenvalue weighted by atomic mass is 32.1. The number of aryl methyl sites for hydroxylation is 3. The van der Waals surface area contributed by atoms with Gasteiger partial charge in [-0.2, -0.15) is 9.78 Å². The third-order valence-electron chi connectivity index (χ3n) is 5.74. The zero-order chi connectivity index (χ0) is 20.7. The van der Waals surface area contributed by atoms with E-state index in [2.05, 4.69) is 11.2 Å². The fourth-order valence-corrected chi connectivity index (χ4v) is 5.43. The number of nitrogens with zero attached hydrogens (tertiary/aromatic N) is 3. The lowest BCUT2D eigenvalue weighted by Crippen LogP contribution is -2.22. The highest BCUT2D eigenvalue weighted by Gasteiger charge is 2.21. The largest absolute Gasteiger partial charge is 0.497 e. The van der Waals surface area contributed by atoms with Crippen LogP contribution in [-0.2, 0) is 19.3 Å². The van der Waals surface area contributed by atoms with Crippen molar-refractivity contribution in [2.45, 2.75) is 39.0 Å². The molecular weight excluding hydrogens is 394 g/mol. The zero-order valence-electron chi connectivity index (χ0n) is 17.1. The quantitative estimate of drug-likeness (QED) is 0.442. The van der Waals surface area contributed by atoms with E-state index in [1.165, 1.54) is 21.5 Å². The molecule has 0 unspecified atom stereocenters. The molecule has 0 fully saturated rings. The third kappa shape index (κ3) is 3.21. The van der Waals surface area contributed by atoms with Crippen LogP contribution in [0.2, 0.25) is 0 Å². The molecule has 0 atom stereocenters. The van der Waals surface area contributed by atoms with Crippen LogP contribution in [0.5, 0.6) is 5.75 Å².